The fourth-order valence-corrected chi connectivity index (χ4v) is 2.47. The SMILES string of the molecule is CC[SiH](C)CCC(C)C. The van der Waals surface area contributed by atoms with E-state index in [0.717, 1.165) is 5.92 Å². The summed E-state index contributed by atoms with van der Waals surface area (Å²) in [5.41, 5.74) is 0. The molecule has 0 aliphatic heterocycles. The first-order chi connectivity index (χ1) is 4.16. The van der Waals surface area contributed by atoms with Crippen molar-refractivity contribution in [2.45, 2.75) is 45.8 Å². The molecule has 0 aliphatic carbocycles. The molecule has 0 bridgehead atoms. The van der Waals surface area contributed by atoms with Crippen molar-refractivity contribution in [2.24, 2.45) is 5.92 Å². The smallest absolute Gasteiger partial charge is 0.0334 e. The van der Waals surface area contributed by atoms with Crippen LogP contribution in [0.25, 0.3) is 0 Å². The average Bonchev–Trinajstić information content (AvgIpc) is 1.83. The fourth-order valence-electron chi connectivity index (χ4n) is 0.822. The molecule has 0 aromatic heterocycles. The zero-order valence-electron chi connectivity index (χ0n) is 7.28. The van der Waals surface area contributed by atoms with E-state index < -0.39 is 0 Å². The average molecular weight is 144 g/mol. The minimum Gasteiger partial charge on any atom is -0.0720 e. The lowest BCUT2D eigenvalue weighted by Gasteiger charge is -2.07. The predicted molar refractivity (Wildman–Crippen MR) is 47.8 cm³/mol. The lowest BCUT2D eigenvalue weighted by Crippen LogP contribution is -2.04. The normalized spacial score (nSPS) is 14.3. The summed E-state index contributed by atoms with van der Waals surface area (Å²) in [6.07, 6.45) is 1.46. The Hall–Kier alpha value is 0.217. The maximum absolute atomic E-state index is 2.47. The molecular formula is C8H20Si. The van der Waals surface area contributed by atoms with E-state index in [1.54, 1.807) is 6.04 Å². The molecule has 0 amide bonds. The van der Waals surface area contributed by atoms with Crippen LogP contribution >= 0.6 is 0 Å². The fraction of sp³-hybridized carbons (Fsp3) is 1.00. The summed E-state index contributed by atoms with van der Waals surface area (Å²) >= 11 is 0. The van der Waals surface area contributed by atoms with E-state index in [2.05, 4.69) is 27.3 Å². The van der Waals surface area contributed by atoms with Crippen molar-refractivity contribution in [2.75, 3.05) is 0 Å². The van der Waals surface area contributed by atoms with Gasteiger partial charge in [-0.3, -0.25) is 0 Å². The zero-order chi connectivity index (χ0) is 7.28. The van der Waals surface area contributed by atoms with Gasteiger partial charge in [-0.2, -0.15) is 0 Å². The number of rotatable bonds is 4. The van der Waals surface area contributed by atoms with Crippen molar-refractivity contribution in [1.82, 2.24) is 0 Å². The van der Waals surface area contributed by atoms with Crippen molar-refractivity contribution < 1.29 is 0 Å². The Labute approximate surface area is 61.3 Å². The highest BCUT2D eigenvalue weighted by atomic mass is 28.3. The molecular weight excluding hydrogens is 124 g/mol. The summed E-state index contributed by atoms with van der Waals surface area (Å²) in [6.45, 7) is 9.44. The van der Waals surface area contributed by atoms with E-state index in [-0.39, 0.29) is 8.80 Å². The van der Waals surface area contributed by atoms with Crippen molar-refractivity contribution in [3.63, 3.8) is 0 Å². The Morgan fingerprint density at radius 2 is 1.89 bits per heavy atom. The van der Waals surface area contributed by atoms with E-state index in [1.807, 2.05) is 0 Å². The van der Waals surface area contributed by atoms with Crippen LogP contribution < -0.4 is 0 Å². The Morgan fingerprint density at radius 1 is 1.33 bits per heavy atom. The van der Waals surface area contributed by atoms with Gasteiger partial charge in [0.25, 0.3) is 0 Å². The molecule has 0 spiro atoms. The summed E-state index contributed by atoms with van der Waals surface area (Å²) in [6, 6.07) is 3.03. The molecule has 0 aromatic carbocycles. The lowest BCUT2D eigenvalue weighted by molar-refractivity contribution is 0.622. The van der Waals surface area contributed by atoms with Gasteiger partial charge >= 0.3 is 0 Å². The minimum absolute atomic E-state index is 0.237. The van der Waals surface area contributed by atoms with Crippen molar-refractivity contribution in [3.8, 4) is 0 Å². The van der Waals surface area contributed by atoms with Gasteiger partial charge in [-0.05, 0) is 5.92 Å². The summed E-state index contributed by atoms with van der Waals surface area (Å²) in [7, 11) is -0.237. The molecule has 0 nitrogen and oxygen atoms in total. The van der Waals surface area contributed by atoms with Gasteiger partial charge < -0.3 is 0 Å². The predicted octanol–water partition coefficient (Wildman–Crippen LogP) is 2.91. The van der Waals surface area contributed by atoms with Gasteiger partial charge in [0.05, 0.1) is 0 Å². The summed E-state index contributed by atoms with van der Waals surface area (Å²) < 4.78 is 0. The molecule has 1 atom stereocenters. The first kappa shape index (κ1) is 9.22. The van der Waals surface area contributed by atoms with Gasteiger partial charge in [0, 0.05) is 8.80 Å². The maximum atomic E-state index is 2.47. The van der Waals surface area contributed by atoms with Crippen LogP contribution in [0, 0.1) is 5.92 Å². The second kappa shape index (κ2) is 5.04. The highest BCUT2D eigenvalue weighted by molar-refractivity contribution is 6.57. The standard InChI is InChI=1S/C8H20Si/c1-5-9(4)7-6-8(2)3/h8-9H,5-7H2,1-4H3. The molecule has 0 fully saturated rings. The van der Waals surface area contributed by atoms with Crippen LogP contribution in [-0.4, -0.2) is 8.80 Å². The van der Waals surface area contributed by atoms with Crippen molar-refractivity contribution in [3.05, 3.63) is 0 Å². The minimum atomic E-state index is -0.237. The van der Waals surface area contributed by atoms with Gasteiger partial charge in [0.2, 0.25) is 0 Å². The molecule has 9 heavy (non-hydrogen) atoms. The van der Waals surface area contributed by atoms with Crippen LogP contribution in [0.3, 0.4) is 0 Å². The Kier molecular flexibility index (Phi) is 5.16. The topological polar surface area (TPSA) is 0 Å². The van der Waals surface area contributed by atoms with E-state index in [0.29, 0.717) is 0 Å². The Morgan fingerprint density at radius 3 is 2.22 bits per heavy atom. The summed E-state index contributed by atoms with van der Waals surface area (Å²) in [5, 5.41) is 0. The first-order valence-electron chi connectivity index (χ1n) is 4.16. The van der Waals surface area contributed by atoms with Gasteiger partial charge in [-0.1, -0.05) is 45.8 Å². The van der Waals surface area contributed by atoms with E-state index >= 15 is 0 Å². The molecule has 0 aliphatic rings. The molecule has 0 heterocycles. The highest BCUT2D eigenvalue weighted by Crippen LogP contribution is 2.08. The van der Waals surface area contributed by atoms with Gasteiger partial charge in [-0.15, -0.1) is 0 Å². The summed E-state index contributed by atoms with van der Waals surface area (Å²) in [5.74, 6) is 0.923. The molecule has 1 unspecified atom stereocenters. The van der Waals surface area contributed by atoms with Crippen LogP contribution in [0.1, 0.15) is 27.2 Å². The third-order valence-corrected chi connectivity index (χ3v) is 4.65. The molecule has 0 radical (unpaired) electrons. The van der Waals surface area contributed by atoms with E-state index in [4.69, 9.17) is 0 Å². The van der Waals surface area contributed by atoms with Gasteiger partial charge in [-0.25, -0.2) is 0 Å². The van der Waals surface area contributed by atoms with E-state index in [9.17, 15) is 0 Å². The van der Waals surface area contributed by atoms with Crippen LogP contribution in [0.2, 0.25) is 18.6 Å². The molecule has 0 rings (SSSR count). The van der Waals surface area contributed by atoms with Crippen LogP contribution in [-0.2, 0) is 0 Å². The van der Waals surface area contributed by atoms with Crippen LogP contribution in [0.4, 0.5) is 0 Å². The Bertz CT molecular complexity index is 59.6. The first-order valence-corrected chi connectivity index (χ1v) is 6.95. The number of hydrogen-bond donors (Lipinski definition) is 0. The lowest BCUT2D eigenvalue weighted by atomic mass is 10.2. The van der Waals surface area contributed by atoms with Crippen molar-refractivity contribution >= 4 is 8.80 Å². The van der Waals surface area contributed by atoms with Crippen LogP contribution in [0.5, 0.6) is 0 Å². The monoisotopic (exact) mass is 144 g/mol. The second-order valence-electron chi connectivity index (χ2n) is 3.48. The van der Waals surface area contributed by atoms with Gasteiger partial charge in [0.15, 0.2) is 0 Å². The quantitative estimate of drug-likeness (QED) is 0.532. The number of hydrogen-bond acceptors (Lipinski definition) is 0. The second-order valence-corrected chi connectivity index (χ2v) is 7.09. The molecule has 0 saturated carbocycles. The summed E-state index contributed by atoms with van der Waals surface area (Å²) in [4.78, 5) is 0. The van der Waals surface area contributed by atoms with Crippen LogP contribution in [0.15, 0.2) is 0 Å². The molecule has 0 N–H and O–H groups in total. The maximum Gasteiger partial charge on any atom is 0.0334 e. The largest absolute Gasteiger partial charge is 0.0720 e. The molecule has 0 saturated heterocycles. The Balaban J connectivity index is 3.06. The zero-order valence-corrected chi connectivity index (χ0v) is 8.43. The molecule has 0 aromatic rings. The molecule has 56 valence electrons. The third-order valence-electron chi connectivity index (χ3n) is 1.93. The highest BCUT2D eigenvalue weighted by Gasteiger charge is 2.01. The van der Waals surface area contributed by atoms with Crippen molar-refractivity contribution in [1.29, 1.82) is 0 Å². The molecule has 1 heteroatoms. The van der Waals surface area contributed by atoms with E-state index in [1.165, 1.54) is 12.5 Å². The third kappa shape index (κ3) is 6.10. The van der Waals surface area contributed by atoms with Gasteiger partial charge in [0.1, 0.15) is 0 Å².